The van der Waals surface area contributed by atoms with E-state index < -0.39 is 5.97 Å². The standard InChI is InChI=1S/C14H17N3O4/c1-7-10(9(3)21-17-7)4-5-12(18)16-11-6-15-8(2)13(11)14(19)20/h6,15H,4-5H2,1-3H3,(H,16,18)(H,19,20). The van der Waals surface area contributed by atoms with Crippen molar-refractivity contribution in [3.05, 3.63) is 34.5 Å². The fourth-order valence-corrected chi connectivity index (χ4v) is 2.21. The first-order valence-corrected chi connectivity index (χ1v) is 6.53. The van der Waals surface area contributed by atoms with Crippen LogP contribution in [0, 0.1) is 20.8 Å². The van der Waals surface area contributed by atoms with Crippen LogP contribution in [0.4, 0.5) is 5.69 Å². The van der Waals surface area contributed by atoms with Gasteiger partial charge in [0.25, 0.3) is 0 Å². The number of nitrogens with one attached hydrogen (secondary N) is 2. The Morgan fingerprint density at radius 2 is 2.10 bits per heavy atom. The molecule has 0 spiro atoms. The van der Waals surface area contributed by atoms with Crippen LogP contribution in [-0.2, 0) is 11.2 Å². The number of hydrogen-bond donors (Lipinski definition) is 3. The molecule has 0 atom stereocenters. The van der Waals surface area contributed by atoms with Gasteiger partial charge in [0.1, 0.15) is 11.3 Å². The molecule has 0 radical (unpaired) electrons. The number of carboxylic acid groups (broad SMARTS) is 1. The third-order valence-electron chi connectivity index (χ3n) is 3.35. The molecule has 21 heavy (non-hydrogen) atoms. The lowest BCUT2D eigenvalue weighted by molar-refractivity contribution is -0.116. The fraction of sp³-hybridized carbons (Fsp3) is 0.357. The molecule has 3 N–H and O–H groups in total. The molecule has 2 rings (SSSR count). The van der Waals surface area contributed by atoms with E-state index >= 15 is 0 Å². The second kappa shape index (κ2) is 5.82. The number of carbonyl (C=O) groups excluding carboxylic acids is 1. The van der Waals surface area contributed by atoms with Gasteiger partial charge in [-0.05, 0) is 27.2 Å². The molecule has 1 amide bonds. The average Bonchev–Trinajstić information content (AvgIpc) is 2.91. The summed E-state index contributed by atoms with van der Waals surface area (Å²) in [6, 6.07) is 0. The molecule has 0 aliphatic rings. The topological polar surface area (TPSA) is 108 Å². The van der Waals surface area contributed by atoms with Crippen LogP contribution in [0.25, 0.3) is 0 Å². The zero-order valence-corrected chi connectivity index (χ0v) is 12.1. The number of aromatic amines is 1. The second-order valence-electron chi connectivity index (χ2n) is 4.86. The van der Waals surface area contributed by atoms with Gasteiger partial charge in [0, 0.05) is 23.9 Å². The third kappa shape index (κ3) is 3.13. The molecule has 0 saturated heterocycles. The molecule has 0 unspecified atom stereocenters. The highest BCUT2D eigenvalue weighted by molar-refractivity contribution is 6.01. The molecule has 0 saturated carbocycles. The molecule has 112 valence electrons. The molecule has 0 aliphatic heterocycles. The summed E-state index contributed by atoms with van der Waals surface area (Å²) in [5, 5.41) is 15.6. The maximum atomic E-state index is 11.9. The number of H-pyrrole nitrogens is 1. The maximum Gasteiger partial charge on any atom is 0.339 e. The summed E-state index contributed by atoms with van der Waals surface area (Å²) >= 11 is 0. The number of hydrogen-bond acceptors (Lipinski definition) is 4. The van der Waals surface area contributed by atoms with Gasteiger partial charge in [0.15, 0.2) is 0 Å². The van der Waals surface area contributed by atoms with Crippen molar-refractivity contribution in [1.29, 1.82) is 0 Å². The van der Waals surface area contributed by atoms with E-state index in [2.05, 4.69) is 15.5 Å². The first kappa shape index (κ1) is 14.8. The van der Waals surface area contributed by atoms with Gasteiger partial charge in [0.05, 0.1) is 11.4 Å². The van der Waals surface area contributed by atoms with Crippen molar-refractivity contribution in [2.24, 2.45) is 0 Å². The third-order valence-corrected chi connectivity index (χ3v) is 3.35. The Kier molecular flexibility index (Phi) is 4.11. The molecule has 2 aromatic heterocycles. The predicted octanol–water partition coefficient (Wildman–Crippen LogP) is 2.20. The van der Waals surface area contributed by atoms with Crippen LogP contribution in [0.5, 0.6) is 0 Å². The smallest absolute Gasteiger partial charge is 0.339 e. The van der Waals surface area contributed by atoms with Gasteiger partial charge in [-0.15, -0.1) is 0 Å². The van der Waals surface area contributed by atoms with Gasteiger partial charge in [-0.25, -0.2) is 4.79 Å². The molecule has 7 heteroatoms. The minimum atomic E-state index is -1.07. The quantitative estimate of drug-likeness (QED) is 0.782. The van der Waals surface area contributed by atoms with E-state index in [0.29, 0.717) is 17.9 Å². The van der Waals surface area contributed by atoms with Crippen molar-refractivity contribution in [3.8, 4) is 0 Å². The molecule has 2 aromatic rings. The Morgan fingerprint density at radius 3 is 2.67 bits per heavy atom. The monoisotopic (exact) mass is 291 g/mol. The Hall–Kier alpha value is -2.57. The van der Waals surface area contributed by atoms with Gasteiger partial charge >= 0.3 is 5.97 Å². The van der Waals surface area contributed by atoms with Crippen LogP contribution in [0.2, 0.25) is 0 Å². The molecule has 0 fully saturated rings. The lowest BCUT2D eigenvalue weighted by atomic mass is 10.1. The van der Waals surface area contributed by atoms with Gasteiger partial charge < -0.3 is 19.9 Å². The highest BCUT2D eigenvalue weighted by Gasteiger charge is 2.17. The van der Waals surface area contributed by atoms with Gasteiger partial charge in [-0.1, -0.05) is 5.16 Å². The van der Waals surface area contributed by atoms with E-state index in [-0.39, 0.29) is 23.6 Å². The minimum Gasteiger partial charge on any atom is -0.478 e. The van der Waals surface area contributed by atoms with Crippen LogP contribution in [0.15, 0.2) is 10.7 Å². The van der Waals surface area contributed by atoms with E-state index in [4.69, 9.17) is 9.63 Å². The largest absolute Gasteiger partial charge is 0.478 e. The highest BCUT2D eigenvalue weighted by atomic mass is 16.5. The summed E-state index contributed by atoms with van der Waals surface area (Å²) < 4.78 is 5.04. The second-order valence-corrected chi connectivity index (χ2v) is 4.86. The lowest BCUT2D eigenvalue weighted by Gasteiger charge is -2.05. The Bertz CT molecular complexity index is 665. The van der Waals surface area contributed by atoms with Gasteiger partial charge in [0.2, 0.25) is 5.91 Å². The average molecular weight is 291 g/mol. The Balaban J connectivity index is 2.01. The molecular formula is C14H17N3O4. The number of anilines is 1. The normalized spacial score (nSPS) is 10.6. The van der Waals surface area contributed by atoms with Crippen molar-refractivity contribution >= 4 is 17.6 Å². The SMILES string of the molecule is Cc1noc(C)c1CCC(=O)Nc1c[nH]c(C)c1C(=O)O. The van der Waals surface area contributed by atoms with Crippen LogP contribution >= 0.6 is 0 Å². The number of aryl methyl sites for hydroxylation is 3. The van der Waals surface area contributed by atoms with Crippen LogP contribution in [0.3, 0.4) is 0 Å². The predicted molar refractivity (Wildman–Crippen MR) is 75.4 cm³/mol. The van der Waals surface area contributed by atoms with Crippen LogP contribution in [0.1, 0.15) is 39.5 Å². The zero-order valence-electron chi connectivity index (χ0n) is 12.1. The van der Waals surface area contributed by atoms with Crippen molar-refractivity contribution in [1.82, 2.24) is 10.1 Å². The zero-order chi connectivity index (χ0) is 15.6. The van der Waals surface area contributed by atoms with E-state index in [9.17, 15) is 9.59 Å². The molecule has 2 heterocycles. The Labute approximate surface area is 121 Å². The van der Waals surface area contributed by atoms with Crippen molar-refractivity contribution in [3.63, 3.8) is 0 Å². The molecule has 7 nitrogen and oxygen atoms in total. The van der Waals surface area contributed by atoms with Crippen molar-refractivity contribution in [2.45, 2.75) is 33.6 Å². The first-order valence-electron chi connectivity index (χ1n) is 6.53. The summed E-state index contributed by atoms with van der Waals surface area (Å²) in [5.74, 6) is -0.629. The highest BCUT2D eigenvalue weighted by Crippen LogP contribution is 2.20. The molecule has 0 aliphatic carbocycles. The summed E-state index contributed by atoms with van der Waals surface area (Å²) in [6.07, 6.45) is 2.21. The first-order chi connectivity index (χ1) is 9.90. The number of carboxylic acids is 1. The maximum absolute atomic E-state index is 11.9. The number of carbonyl (C=O) groups is 2. The molecule has 0 bridgehead atoms. The number of nitrogens with zero attached hydrogens (tertiary/aromatic N) is 1. The number of aromatic nitrogens is 2. The van der Waals surface area contributed by atoms with Crippen LogP contribution < -0.4 is 5.32 Å². The number of rotatable bonds is 5. The van der Waals surface area contributed by atoms with Crippen molar-refractivity contribution < 1.29 is 19.2 Å². The van der Waals surface area contributed by atoms with E-state index in [1.807, 2.05) is 6.92 Å². The summed E-state index contributed by atoms with van der Waals surface area (Å²) in [5.41, 5.74) is 2.55. The summed E-state index contributed by atoms with van der Waals surface area (Å²) in [6.45, 7) is 5.26. The number of amides is 1. The minimum absolute atomic E-state index is 0.0840. The van der Waals surface area contributed by atoms with Crippen molar-refractivity contribution in [2.75, 3.05) is 5.32 Å². The van der Waals surface area contributed by atoms with Gasteiger partial charge in [-0.2, -0.15) is 0 Å². The molecular weight excluding hydrogens is 274 g/mol. The van der Waals surface area contributed by atoms with Crippen LogP contribution in [-0.4, -0.2) is 27.1 Å². The van der Waals surface area contributed by atoms with Gasteiger partial charge in [-0.3, -0.25) is 4.79 Å². The lowest BCUT2D eigenvalue weighted by Crippen LogP contribution is -2.14. The van der Waals surface area contributed by atoms with E-state index in [1.54, 1.807) is 13.8 Å². The Morgan fingerprint density at radius 1 is 1.38 bits per heavy atom. The summed E-state index contributed by atoms with van der Waals surface area (Å²) in [4.78, 5) is 25.9. The summed E-state index contributed by atoms with van der Waals surface area (Å²) in [7, 11) is 0. The van der Waals surface area contributed by atoms with E-state index in [0.717, 1.165) is 11.3 Å². The number of aromatic carboxylic acids is 1. The van der Waals surface area contributed by atoms with E-state index in [1.165, 1.54) is 6.20 Å². The molecule has 0 aromatic carbocycles. The fourth-order valence-electron chi connectivity index (χ4n) is 2.21.